The molecule has 2 rings (SSSR count). The van der Waals surface area contributed by atoms with Crippen LogP contribution in [0, 0.1) is 0 Å². The first-order valence-corrected chi connectivity index (χ1v) is 10.5. The molecule has 1 N–H and O–H groups in total. The highest BCUT2D eigenvalue weighted by molar-refractivity contribution is 6.40. The van der Waals surface area contributed by atoms with Gasteiger partial charge in [0.1, 0.15) is 0 Å². The lowest BCUT2D eigenvalue weighted by Crippen LogP contribution is -2.50. The van der Waals surface area contributed by atoms with E-state index in [1.807, 2.05) is 0 Å². The monoisotopic (exact) mass is 331 g/mol. The Morgan fingerprint density at radius 1 is 1.05 bits per heavy atom. The van der Waals surface area contributed by atoms with Gasteiger partial charge in [-0.25, -0.2) is 0 Å². The third kappa shape index (κ3) is 7.06. The van der Waals surface area contributed by atoms with Crippen molar-refractivity contribution in [3.8, 4) is 0 Å². The maximum atomic E-state index is 5.28. The van der Waals surface area contributed by atoms with Crippen LogP contribution < -0.4 is 5.32 Å². The molecule has 0 amide bonds. The number of piperidine rings is 1. The molecule has 0 radical (unpaired) electrons. The van der Waals surface area contributed by atoms with Crippen molar-refractivity contribution in [2.45, 2.75) is 52.0 Å². The molecule has 2 aliphatic rings. The second-order valence-corrected chi connectivity index (χ2v) is 8.46. The highest BCUT2D eigenvalue weighted by Gasteiger charge is 2.22. The largest absolute Gasteiger partial charge is 0.410 e. The highest BCUT2D eigenvalue weighted by Crippen LogP contribution is 2.10. The van der Waals surface area contributed by atoms with Crippen molar-refractivity contribution in [1.29, 1.82) is 0 Å². The van der Waals surface area contributed by atoms with Gasteiger partial charge < -0.3 is 14.2 Å². The zero-order valence-corrected chi connectivity index (χ0v) is 16.3. The van der Waals surface area contributed by atoms with Crippen molar-refractivity contribution in [2.24, 2.45) is 0 Å². The molecule has 0 aromatic carbocycles. The molecule has 2 fully saturated rings. The van der Waals surface area contributed by atoms with Crippen LogP contribution in [0.1, 0.15) is 46.0 Å². The van der Waals surface area contributed by atoms with Gasteiger partial charge in [-0.1, -0.05) is 20.3 Å². The first kappa shape index (κ1) is 20.1. The first-order chi connectivity index (χ1) is 10.8. The van der Waals surface area contributed by atoms with Crippen LogP contribution in [0.2, 0.25) is 0 Å². The second kappa shape index (κ2) is 12.4. The van der Waals surface area contributed by atoms with Gasteiger partial charge in [-0.05, 0) is 45.3 Å². The van der Waals surface area contributed by atoms with Gasteiger partial charge in [-0.3, -0.25) is 9.47 Å². The Kier molecular flexibility index (Phi) is 11.3. The standard InChI is InChI=1S/C9H20N2.C7H17NO2Si/c1-3-6-11-7-5-10-8-9(11)4-2;1-9-11(10-2)8-6-4-3-5-7-8/h9-10H,3-8H2,1-2H3;11H,3-7H2,1-2H3. The first-order valence-electron chi connectivity index (χ1n) is 9.01. The van der Waals surface area contributed by atoms with E-state index in [0.29, 0.717) is 0 Å². The minimum atomic E-state index is -1.44. The van der Waals surface area contributed by atoms with E-state index < -0.39 is 9.45 Å². The Morgan fingerprint density at radius 3 is 2.27 bits per heavy atom. The summed E-state index contributed by atoms with van der Waals surface area (Å²) in [6.45, 7) is 11.8. The average molecular weight is 332 g/mol. The summed E-state index contributed by atoms with van der Waals surface area (Å²) in [6, 6.07) is 0.795. The SMILES string of the molecule is CCCN1CCNCC1CC.CO[SiH](OC)N1CCCCC1. The summed E-state index contributed by atoms with van der Waals surface area (Å²) in [5.41, 5.74) is 0. The second-order valence-electron chi connectivity index (χ2n) is 6.18. The summed E-state index contributed by atoms with van der Waals surface area (Å²) in [5.74, 6) is 0. The van der Waals surface area contributed by atoms with Crippen LogP contribution in [0.15, 0.2) is 0 Å². The molecule has 2 aliphatic heterocycles. The molecule has 0 aromatic heterocycles. The van der Waals surface area contributed by atoms with Gasteiger partial charge in [0.05, 0.1) is 0 Å². The Morgan fingerprint density at radius 2 is 1.73 bits per heavy atom. The minimum Gasteiger partial charge on any atom is -0.388 e. The van der Waals surface area contributed by atoms with Crippen LogP contribution in [-0.2, 0) is 8.85 Å². The summed E-state index contributed by atoms with van der Waals surface area (Å²) in [5, 5.41) is 3.43. The fraction of sp³-hybridized carbons (Fsp3) is 1.00. The van der Waals surface area contributed by atoms with E-state index in [1.165, 1.54) is 71.4 Å². The minimum absolute atomic E-state index is 0.795. The van der Waals surface area contributed by atoms with E-state index in [9.17, 15) is 0 Å². The van der Waals surface area contributed by atoms with Gasteiger partial charge in [0, 0.05) is 39.9 Å². The summed E-state index contributed by atoms with van der Waals surface area (Å²) in [6.07, 6.45) is 6.54. The maximum Gasteiger partial charge on any atom is 0.410 e. The van der Waals surface area contributed by atoms with E-state index in [2.05, 4.69) is 28.6 Å². The van der Waals surface area contributed by atoms with Gasteiger partial charge in [-0.2, -0.15) is 0 Å². The third-order valence-corrected chi connectivity index (χ3v) is 6.47. The van der Waals surface area contributed by atoms with Crippen molar-refractivity contribution < 1.29 is 8.85 Å². The lowest BCUT2D eigenvalue weighted by Gasteiger charge is -2.35. The lowest BCUT2D eigenvalue weighted by molar-refractivity contribution is 0.157. The molecule has 0 bridgehead atoms. The van der Waals surface area contributed by atoms with Crippen LogP contribution in [0.4, 0.5) is 0 Å². The molecule has 22 heavy (non-hydrogen) atoms. The number of nitrogens with zero attached hydrogens (tertiary/aromatic N) is 2. The molecule has 0 saturated carbocycles. The number of hydrogen-bond donors (Lipinski definition) is 1. The Hall–Kier alpha value is 0.0169. The van der Waals surface area contributed by atoms with Crippen molar-refractivity contribution in [3.05, 3.63) is 0 Å². The molecular formula is C16H37N3O2Si. The molecule has 2 saturated heterocycles. The van der Waals surface area contributed by atoms with Crippen LogP contribution in [0.25, 0.3) is 0 Å². The number of hydrogen-bond acceptors (Lipinski definition) is 5. The van der Waals surface area contributed by atoms with E-state index >= 15 is 0 Å². The number of nitrogens with one attached hydrogen (secondary N) is 1. The van der Waals surface area contributed by atoms with Crippen molar-refractivity contribution in [2.75, 3.05) is 53.5 Å². The van der Waals surface area contributed by atoms with Gasteiger partial charge in [-0.15, -0.1) is 0 Å². The molecule has 0 aliphatic carbocycles. The van der Waals surface area contributed by atoms with E-state index in [4.69, 9.17) is 8.85 Å². The average Bonchev–Trinajstić information content (AvgIpc) is 2.58. The summed E-state index contributed by atoms with van der Waals surface area (Å²) in [7, 11) is 2.05. The van der Waals surface area contributed by atoms with Gasteiger partial charge in [0.25, 0.3) is 0 Å². The summed E-state index contributed by atoms with van der Waals surface area (Å²) in [4.78, 5) is 2.61. The van der Waals surface area contributed by atoms with E-state index in [1.54, 1.807) is 14.2 Å². The molecule has 2 heterocycles. The quantitative estimate of drug-likeness (QED) is 0.748. The normalized spacial score (nSPS) is 24.1. The fourth-order valence-electron chi connectivity index (χ4n) is 3.31. The van der Waals surface area contributed by atoms with Crippen molar-refractivity contribution in [1.82, 2.24) is 14.8 Å². The zero-order chi connectivity index (χ0) is 16.2. The Bertz CT molecular complexity index is 246. The van der Waals surface area contributed by atoms with Crippen LogP contribution in [0.5, 0.6) is 0 Å². The molecule has 1 unspecified atom stereocenters. The van der Waals surface area contributed by atoms with Gasteiger partial charge in [0.2, 0.25) is 0 Å². The number of piperazine rings is 1. The van der Waals surface area contributed by atoms with Crippen LogP contribution >= 0.6 is 0 Å². The topological polar surface area (TPSA) is 37.0 Å². The fourth-order valence-corrected chi connectivity index (χ4v) is 4.89. The summed E-state index contributed by atoms with van der Waals surface area (Å²) >= 11 is 0. The van der Waals surface area contributed by atoms with E-state index in [-0.39, 0.29) is 0 Å². The smallest absolute Gasteiger partial charge is 0.388 e. The molecule has 5 nitrogen and oxygen atoms in total. The Labute approximate surface area is 139 Å². The van der Waals surface area contributed by atoms with Crippen LogP contribution in [-0.4, -0.2) is 78.4 Å². The van der Waals surface area contributed by atoms with Gasteiger partial charge >= 0.3 is 9.45 Å². The number of rotatable bonds is 6. The molecule has 1 atom stereocenters. The predicted octanol–water partition coefficient (Wildman–Crippen LogP) is 1.56. The van der Waals surface area contributed by atoms with Crippen molar-refractivity contribution >= 4 is 9.45 Å². The molecular weight excluding hydrogens is 294 g/mol. The van der Waals surface area contributed by atoms with Crippen LogP contribution in [0.3, 0.4) is 0 Å². The summed E-state index contributed by atoms with van der Waals surface area (Å²) < 4.78 is 12.9. The van der Waals surface area contributed by atoms with Gasteiger partial charge in [0.15, 0.2) is 0 Å². The lowest BCUT2D eigenvalue weighted by atomic mass is 10.1. The Balaban J connectivity index is 0.000000220. The highest BCUT2D eigenvalue weighted by atomic mass is 28.3. The maximum absolute atomic E-state index is 5.28. The van der Waals surface area contributed by atoms with Crippen molar-refractivity contribution in [3.63, 3.8) is 0 Å². The zero-order valence-electron chi connectivity index (χ0n) is 15.1. The molecule has 6 heteroatoms. The van der Waals surface area contributed by atoms with E-state index in [0.717, 1.165) is 6.04 Å². The molecule has 0 spiro atoms. The third-order valence-electron chi connectivity index (χ3n) is 4.55. The predicted molar refractivity (Wildman–Crippen MR) is 95.4 cm³/mol. The molecule has 0 aromatic rings. The molecule has 132 valence electrons.